The molecule has 0 bridgehead atoms. The fourth-order valence-corrected chi connectivity index (χ4v) is 2.25. The Hall–Kier alpha value is -0.620. The SMILES string of the molecule is CC(C)(C)NC(=O)C1CN(S(C)(=O)=O)C1. The Morgan fingerprint density at radius 3 is 2.13 bits per heavy atom. The second kappa shape index (κ2) is 3.75. The summed E-state index contributed by atoms with van der Waals surface area (Å²) in [6.45, 7) is 6.31. The molecule has 0 spiro atoms. The first-order valence-corrected chi connectivity index (χ1v) is 6.71. The minimum absolute atomic E-state index is 0.0672. The molecule has 88 valence electrons. The van der Waals surface area contributed by atoms with Crippen molar-refractivity contribution in [2.24, 2.45) is 5.92 Å². The second-order valence-electron chi connectivity index (χ2n) is 5.02. The fourth-order valence-electron chi connectivity index (χ4n) is 1.35. The Morgan fingerprint density at radius 1 is 1.33 bits per heavy atom. The average Bonchev–Trinajstić information content (AvgIpc) is 1.72. The van der Waals surface area contributed by atoms with E-state index in [4.69, 9.17) is 0 Å². The largest absolute Gasteiger partial charge is 0.351 e. The molecule has 0 radical (unpaired) electrons. The van der Waals surface area contributed by atoms with Crippen LogP contribution in [-0.4, -0.2) is 43.5 Å². The van der Waals surface area contributed by atoms with Crippen LogP contribution in [0.2, 0.25) is 0 Å². The van der Waals surface area contributed by atoms with Gasteiger partial charge in [0.05, 0.1) is 12.2 Å². The summed E-state index contributed by atoms with van der Waals surface area (Å²) in [7, 11) is -3.12. The minimum Gasteiger partial charge on any atom is -0.351 e. The molecule has 0 unspecified atom stereocenters. The summed E-state index contributed by atoms with van der Waals surface area (Å²) in [5, 5.41) is 2.83. The lowest BCUT2D eigenvalue weighted by Crippen LogP contribution is -2.57. The van der Waals surface area contributed by atoms with E-state index in [1.165, 1.54) is 4.31 Å². The van der Waals surface area contributed by atoms with Crippen LogP contribution in [0, 0.1) is 5.92 Å². The third-order valence-corrected chi connectivity index (χ3v) is 3.42. The molecule has 0 aliphatic carbocycles. The van der Waals surface area contributed by atoms with Gasteiger partial charge in [0.1, 0.15) is 0 Å². The van der Waals surface area contributed by atoms with Crippen molar-refractivity contribution in [2.45, 2.75) is 26.3 Å². The van der Waals surface area contributed by atoms with E-state index in [9.17, 15) is 13.2 Å². The van der Waals surface area contributed by atoms with Gasteiger partial charge in [-0.1, -0.05) is 0 Å². The number of hydrogen-bond acceptors (Lipinski definition) is 3. The highest BCUT2D eigenvalue weighted by atomic mass is 32.2. The van der Waals surface area contributed by atoms with Crippen molar-refractivity contribution in [3.63, 3.8) is 0 Å². The molecule has 1 saturated heterocycles. The summed E-state index contributed by atoms with van der Waals surface area (Å²) in [5.41, 5.74) is -0.261. The van der Waals surface area contributed by atoms with E-state index in [0.29, 0.717) is 13.1 Å². The first kappa shape index (κ1) is 12.4. The maximum atomic E-state index is 11.6. The lowest BCUT2D eigenvalue weighted by Gasteiger charge is -2.37. The van der Waals surface area contributed by atoms with Crippen LogP contribution < -0.4 is 5.32 Å². The summed E-state index contributed by atoms with van der Waals surface area (Å²) in [4.78, 5) is 11.6. The van der Waals surface area contributed by atoms with E-state index in [0.717, 1.165) is 6.26 Å². The normalized spacial score (nSPS) is 19.7. The number of hydrogen-bond donors (Lipinski definition) is 1. The minimum atomic E-state index is -3.12. The van der Waals surface area contributed by atoms with Gasteiger partial charge in [-0.3, -0.25) is 4.79 Å². The summed E-state index contributed by atoms with van der Waals surface area (Å²) in [6, 6.07) is 0. The molecule has 1 amide bonds. The lowest BCUT2D eigenvalue weighted by atomic mass is 10.00. The maximum Gasteiger partial charge on any atom is 0.226 e. The summed E-state index contributed by atoms with van der Waals surface area (Å²) >= 11 is 0. The van der Waals surface area contributed by atoms with Crippen LogP contribution in [0.25, 0.3) is 0 Å². The van der Waals surface area contributed by atoms with Crippen molar-refractivity contribution in [3.05, 3.63) is 0 Å². The van der Waals surface area contributed by atoms with E-state index >= 15 is 0 Å². The molecule has 0 aromatic rings. The molecule has 0 aromatic heterocycles. The zero-order chi connectivity index (χ0) is 11.9. The highest BCUT2D eigenvalue weighted by Crippen LogP contribution is 2.19. The monoisotopic (exact) mass is 234 g/mol. The number of amides is 1. The van der Waals surface area contributed by atoms with Gasteiger partial charge < -0.3 is 5.32 Å². The maximum absolute atomic E-state index is 11.6. The van der Waals surface area contributed by atoms with Gasteiger partial charge in [-0.2, -0.15) is 0 Å². The Bertz CT molecular complexity index is 350. The molecular weight excluding hydrogens is 216 g/mol. The van der Waals surface area contributed by atoms with E-state index in [2.05, 4.69) is 5.32 Å². The molecule has 1 heterocycles. The predicted octanol–water partition coefficient (Wildman–Crippen LogP) is -0.207. The van der Waals surface area contributed by atoms with Gasteiger partial charge in [-0.05, 0) is 20.8 Å². The highest BCUT2D eigenvalue weighted by Gasteiger charge is 2.38. The Labute approximate surface area is 90.9 Å². The third kappa shape index (κ3) is 3.46. The molecule has 0 atom stereocenters. The van der Waals surface area contributed by atoms with Crippen LogP contribution in [0.1, 0.15) is 20.8 Å². The van der Waals surface area contributed by atoms with Gasteiger partial charge in [-0.25, -0.2) is 12.7 Å². The van der Waals surface area contributed by atoms with Gasteiger partial charge in [0.25, 0.3) is 0 Å². The average molecular weight is 234 g/mol. The third-order valence-electron chi connectivity index (χ3n) is 2.19. The standard InChI is InChI=1S/C9H18N2O3S/c1-9(2,3)10-8(12)7-5-11(6-7)15(4,13)14/h7H,5-6H2,1-4H3,(H,10,12). The molecule has 15 heavy (non-hydrogen) atoms. The fraction of sp³-hybridized carbons (Fsp3) is 0.889. The molecule has 0 saturated carbocycles. The van der Waals surface area contributed by atoms with Crippen LogP contribution in [0.15, 0.2) is 0 Å². The Kier molecular flexibility index (Phi) is 3.11. The zero-order valence-corrected chi connectivity index (χ0v) is 10.4. The van der Waals surface area contributed by atoms with E-state index in [1.54, 1.807) is 0 Å². The van der Waals surface area contributed by atoms with Crippen LogP contribution in [0.3, 0.4) is 0 Å². The van der Waals surface area contributed by atoms with Crippen molar-refractivity contribution >= 4 is 15.9 Å². The molecule has 1 N–H and O–H groups in total. The van der Waals surface area contributed by atoms with Crippen molar-refractivity contribution in [1.29, 1.82) is 0 Å². The van der Waals surface area contributed by atoms with Crippen molar-refractivity contribution in [1.82, 2.24) is 9.62 Å². The number of carbonyl (C=O) groups excluding carboxylic acids is 1. The highest BCUT2D eigenvalue weighted by molar-refractivity contribution is 7.88. The predicted molar refractivity (Wildman–Crippen MR) is 57.8 cm³/mol. The van der Waals surface area contributed by atoms with Crippen LogP contribution in [0.5, 0.6) is 0 Å². The quantitative estimate of drug-likeness (QED) is 0.719. The number of rotatable bonds is 2. The number of carbonyl (C=O) groups is 1. The molecule has 1 fully saturated rings. The van der Waals surface area contributed by atoms with Gasteiger partial charge in [0, 0.05) is 18.6 Å². The number of nitrogens with one attached hydrogen (secondary N) is 1. The topological polar surface area (TPSA) is 66.5 Å². The smallest absolute Gasteiger partial charge is 0.226 e. The zero-order valence-electron chi connectivity index (χ0n) is 9.57. The first-order chi connectivity index (χ1) is 6.59. The lowest BCUT2D eigenvalue weighted by molar-refractivity contribution is -0.129. The molecule has 6 heteroatoms. The van der Waals surface area contributed by atoms with Gasteiger partial charge >= 0.3 is 0 Å². The Morgan fingerprint density at radius 2 is 1.80 bits per heavy atom. The van der Waals surface area contributed by atoms with Crippen molar-refractivity contribution in [3.8, 4) is 0 Å². The molecular formula is C9H18N2O3S. The van der Waals surface area contributed by atoms with Crippen molar-refractivity contribution < 1.29 is 13.2 Å². The van der Waals surface area contributed by atoms with E-state index < -0.39 is 10.0 Å². The van der Waals surface area contributed by atoms with E-state index in [-0.39, 0.29) is 17.4 Å². The van der Waals surface area contributed by atoms with Crippen LogP contribution in [-0.2, 0) is 14.8 Å². The number of sulfonamides is 1. The van der Waals surface area contributed by atoms with Crippen molar-refractivity contribution in [2.75, 3.05) is 19.3 Å². The van der Waals surface area contributed by atoms with Gasteiger partial charge in [0.2, 0.25) is 15.9 Å². The van der Waals surface area contributed by atoms with E-state index in [1.807, 2.05) is 20.8 Å². The second-order valence-corrected chi connectivity index (χ2v) is 7.00. The van der Waals surface area contributed by atoms with Crippen LogP contribution in [0.4, 0.5) is 0 Å². The Balaban J connectivity index is 2.43. The summed E-state index contributed by atoms with van der Waals surface area (Å²) in [5.74, 6) is -0.263. The summed E-state index contributed by atoms with van der Waals surface area (Å²) in [6.07, 6.45) is 1.16. The molecule has 5 nitrogen and oxygen atoms in total. The molecule has 1 aliphatic rings. The molecule has 0 aromatic carbocycles. The molecule has 1 rings (SSSR count). The van der Waals surface area contributed by atoms with Gasteiger partial charge in [0.15, 0.2) is 0 Å². The molecule has 1 aliphatic heterocycles. The van der Waals surface area contributed by atoms with Gasteiger partial charge in [-0.15, -0.1) is 0 Å². The number of nitrogens with zero attached hydrogens (tertiary/aromatic N) is 1. The first-order valence-electron chi connectivity index (χ1n) is 4.87. The summed E-state index contributed by atoms with van der Waals surface area (Å²) < 4.78 is 23.4. The van der Waals surface area contributed by atoms with Crippen LogP contribution >= 0.6 is 0 Å².